The standard InChI is InChI=1S/C14H24N2O4S/c1-13(2,3)20-12(18)16-8-14(19,9-16)7-15-5-10(6-21)4-11(15)17/h10,19,21H,4-9H2,1-3H3. The lowest BCUT2D eigenvalue weighted by Gasteiger charge is -2.47. The number of carbonyl (C=O) groups excluding carboxylic acids is 2. The van der Waals surface area contributed by atoms with Crippen LogP contribution in [0.1, 0.15) is 27.2 Å². The van der Waals surface area contributed by atoms with Crippen molar-refractivity contribution in [1.29, 1.82) is 0 Å². The van der Waals surface area contributed by atoms with Crippen molar-refractivity contribution >= 4 is 24.6 Å². The predicted octanol–water partition coefficient (Wildman–Crippen LogP) is 0.746. The molecule has 2 fully saturated rings. The number of hydrogen-bond acceptors (Lipinski definition) is 5. The van der Waals surface area contributed by atoms with E-state index < -0.39 is 17.3 Å². The number of nitrogens with zero attached hydrogens (tertiary/aromatic N) is 2. The van der Waals surface area contributed by atoms with Crippen LogP contribution in [-0.2, 0) is 9.53 Å². The van der Waals surface area contributed by atoms with Gasteiger partial charge < -0.3 is 19.6 Å². The van der Waals surface area contributed by atoms with E-state index in [0.29, 0.717) is 18.7 Å². The number of likely N-dealkylation sites (tertiary alicyclic amines) is 2. The second-order valence-electron chi connectivity index (χ2n) is 7.09. The van der Waals surface area contributed by atoms with Crippen molar-refractivity contribution in [2.75, 3.05) is 31.9 Å². The lowest BCUT2D eigenvalue weighted by atomic mass is 9.94. The molecule has 0 aromatic heterocycles. The maximum absolute atomic E-state index is 11.8. The SMILES string of the molecule is CC(C)(C)OC(=O)N1CC(O)(CN2CC(CS)CC2=O)C1. The van der Waals surface area contributed by atoms with Crippen LogP contribution in [0.3, 0.4) is 0 Å². The molecular weight excluding hydrogens is 292 g/mol. The first-order chi connectivity index (χ1) is 9.62. The minimum Gasteiger partial charge on any atom is -0.444 e. The molecule has 21 heavy (non-hydrogen) atoms. The highest BCUT2D eigenvalue weighted by molar-refractivity contribution is 7.80. The summed E-state index contributed by atoms with van der Waals surface area (Å²) in [6.07, 6.45) is 0.0724. The fourth-order valence-corrected chi connectivity index (χ4v) is 2.95. The summed E-state index contributed by atoms with van der Waals surface area (Å²) >= 11 is 4.22. The molecule has 1 N–H and O–H groups in total. The van der Waals surface area contributed by atoms with Crippen LogP contribution in [-0.4, -0.2) is 70.0 Å². The fraction of sp³-hybridized carbons (Fsp3) is 0.857. The van der Waals surface area contributed by atoms with Crippen LogP contribution in [0.4, 0.5) is 4.79 Å². The Hall–Kier alpha value is -0.950. The van der Waals surface area contributed by atoms with Crippen LogP contribution in [0.15, 0.2) is 0 Å². The Bertz CT molecular complexity index is 429. The van der Waals surface area contributed by atoms with Gasteiger partial charge in [-0.3, -0.25) is 4.79 Å². The average Bonchev–Trinajstić information content (AvgIpc) is 2.64. The molecule has 6 nitrogen and oxygen atoms in total. The summed E-state index contributed by atoms with van der Waals surface area (Å²) in [5.74, 6) is 0.981. The van der Waals surface area contributed by atoms with E-state index in [-0.39, 0.29) is 31.5 Å². The third-order valence-corrected chi connectivity index (χ3v) is 4.18. The molecule has 2 aliphatic heterocycles. The number of carbonyl (C=O) groups is 2. The second kappa shape index (κ2) is 5.68. The Labute approximate surface area is 130 Å². The van der Waals surface area contributed by atoms with E-state index in [1.807, 2.05) is 0 Å². The number of β-amino-alcohol motifs (C(OH)–C–C–N with tert-alkyl or cyclic N) is 1. The van der Waals surface area contributed by atoms with Crippen LogP contribution in [0.25, 0.3) is 0 Å². The van der Waals surface area contributed by atoms with Crippen molar-refractivity contribution in [3.8, 4) is 0 Å². The Morgan fingerprint density at radius 2 is 2.10 bits per heavy atom. The van der Waals surface area contributed by atoms with Crippen molar-refractivity contribution < 1.29 is 19.4 Å². The molecule has 0 aromatic rings. The smallest absolute Gasteiger partial charge is 0.410 e. The van der Waals surface area contributed by atoms with Crippen molar-refractivity contribution in [3.63, 3.8) is 0 Å². The zero-order valence-corrected chi connectivity index (χ0v) is 13.7. The molecule has 0 aromatic carbocycles. The summed E-state index contributed by atoms with van der Waals surface area (Å²) in [5, 5.41) is 10.4. The number of aliphatic hydroxyl groups is 1. The number of amides is 2. The molecule has 2 rings (SSSR count). The molecule has 2 saturated heterocycles. The fourth-order valence-electron chi connectivity index (χ4n) is 2.70. The highest BCUT2D eigenvalue weighted by Gasteiger charge is 2.47. The average molecular weight is 316 g/mol. The van der Waals surface area contributed by atoms with E-state index in [0.717, 1.165) is 0 Å². The van der Waals surface area contributed by atoms with E-state index in [1.165, 1.54) is 4.90 Å². The van der Waals surface area contributed by atoms with Gasteiger partial charge >= 0.3 is 6.09 Å². The third kappa shape index (κ3) is 4.03. The molecule has 0 saturated carbocycles. The minimum absolute atomic E-state index is 0.0539. The van der Waals surface area contributed by atoms with Crippen LogP contribution < -0.4 is 0 Å². The van der Waals surface area contributed by atoms with Crippen molar-refractivity contribution in [2.45, 2.75) is 38.4 Å². The van der Waals surface area contributed by atoms with Gasteiger partial charge in [-0.05, 0) is 32.4 Å². The predicted molar refractivity (Wildman–Crippen MR) is 81.3 cm³/mol. The first-order valence-electron chi connectivity index (χ1n) is 7.21. The van der Waals surface area contributed by atoms with Gasteiger partial charge in [-0.1, -0.05) is 0 Å². The van der Waals surface area contributed by atoms with Gasteiger partial charge in [0, 0.05) is 13.0 Å². The summed E-state index contributed by atoms with van der Waals surface area (Å²) in [5.41, 5.74) is -1.56. The van der Waals surface area contributed by atoms with Gasteiger partial charge in [0.05, 0.1) is 19.6 Å². The topological polar surface area (TPSA) is 70.1 Å². The molecule has 1 unspecified atom stereocenters. The molecule has 7 heteroatoms. The quantitative estimate of drug-likeness (QED) is 0.754. The first kappa shape index (κ1) is 16.4. The van der Waals surface area contributed by atoms with Gasteiger partial charge in [-0.2, -0.15) is 12.6 Å². The molecule has 0 bridgehead atoms. The lowest BCUT2D eigenvalue weighted by Crippen LogP contribution is -2.68. The van der Waals surface area contributed by atoms with Crippen molar-refractivity contribution in [1.82, 2.24) is 9.80 Å². The molecule has 2 heterocycles. The van der Waals surface area contributed by atoms with Gasteiger partial charge in [-0.15, -0.1) is 0 Å². The van der Waals surface area contributed by atoms with Crippen LogP contribution in [0, 0.1) is 5.92 Å². The Morgan fingerprint density at radius 1 is 1.48 bits per heavy atom. The summed E-state index contributed by atoms with van der Waals surface area (Å²) in [7, 11) is 0. The van der Waals surface area contributed by atoms with Gasteiger partial charge in [-0.25, -0.2) is 4.79 Å². The molecule has 1 atom stereocenters. The summed E-state index contributed by atoms with van der Waals surface area (Å²) in [6, 6.07) is 0. The van der Waals surface area contributed by atoms with Gasteiger partial charge in [0.15, 0.2) is 0 Å². The van der Waals surface area contributed by atoms with E-state index in [2.05, 4.69) is 12.6 Å². The minimum atomic E-state index is -1.02. The van der Waals surface area contributed by atoms with Gasteiger partial charge in [0.25, 0.3) is 0 Å². The van der Waals surface area contributed by atoms with Crippen molar-refractivity contribution in [2.24, 2.45) is 5.92 Å². The lowest BCUT2D eigenvalue weighted by molar-refractivity contribution is -0.139. The summed E-state index contributed by atoms with van der Waals surface area (Å²) in [4.78, 5) is 26.8. The number of thiol groups is 1. The normalized spacial score (nSPS) is 25.0. The van der Waals surface area contributed by atoms with Gasteiger partial charge in [0.1, 0.15) is 11.2 Å². The molecule has 2 amide bonds. The van der Waals surface area contributed by atoms with E-state index >= 15 is 0 Å². The van der Waals surface area contributed by atoms with Crippen LogP contribution in [0.5, 0.6) is 0 Å². The molecule has 0 aliphatic carbocycles. The Morgan fingerprint density at radius 3 is 2.57 bits per heavy atom. The number of rotatable bonds is 3. The molecule has 2 aliphatic rings. The Kier molecular flexibility index (Phi) is 4.44. The van der Waals surface area contributed by atoms with Crippen molar-refractivity contribution in [3.05, 3.63) is 0 Å². The van der Waals surface area contributed by atoms with E-state index in [4.69, 9.17) is 4.74 Å². The first-order valence-corrected chi connectivity index (χ1v) is 7.84. The highest BCUT2D eigenvalue weighted by atomic mass is 32.1. The zero-order chi connectivity index (χ0) is 15.8. The summed E-state index contributed by atoms with van der Waals surface area (Å²) in [6.45, 7) is 6.73. The maximum Gasteiger partial charge on any atom is 0.410 e. The monoisotopic (exact) mass is 316 g/mol. The third-order valence-electron chi connectivity index (χ3n) is 3.66. The maximum atomic E-state index is 11.8. The summed E-state index contributed by atoms with van der Waals surface area (Å²) < 4.78 is 5.25. The second-order valence-corrected chi connectivity index (χ2v) is 7.45. The number of hydrogen-bond donors (Lipinski definition) is 2. The largest absolute Gasteiger partial charge is 0.444 e. The van der Waals surface area contributed by atoms with Gasteiger partial charge in [0.2, 0.25) is 5.91 Å². The molecular formula is C14H24N2O4S. The van der Waals surface area contributed by atoms with Crippen LogP contribution in [0.2, 0.25) is 0 Å². The molecule has 0 radical (unpaired) electrons. The van der Waals surface area contributed by atoms with Crippen LogP contribution >= 0.6 is 12.6 Å². The molecule has 120 valence electrons. The highest BCUT2D eigenvalue weighted by Crippen LogP contribution is 2.27. The Balaban J connectivity index is 1.82. The zero-order valence-electron chi connectivity index (χ0n) is 12.8. The van der Waals surface area contributed by atoms with E-state index in [1.54, 1.807) is 25.7 Å². The molecule has 0 spiro atoms. The van der Waals surface area contributed by atoms with E-state index in [9.17, 15) is 14.7 Å². The number of ether oxygens (including phenoxy) is 1.